The molecule has 1 heterocycles. The van der Waals surface area contributed by atoms with E-state index in [0.717, 1.165) is 17.0 Å². The van der Waals surface area contributed by atoms with Crippen LogP contribution in [-0.4, -0.2) is 21.7 Å². The van der Waals surface area contributed by atoms with E-state index in [0.29, 0.717) is 19.0 Å². The summed E-state index contributed by atoms with van der Waals surface area (Å²) >= 11 is 5.75. The van der Waals surface area contributed by atoms with Crippen LogP contribution >= 0.6 is 11.6 Å². The molecule has 0 unspecified atom stereocenters. The minimum Gasteiger partial charge on any atom is -0.448 e. The molecule has 1 saturated carbocycles. The van der Waals surface area contributed by atoms with Gasteiger partial charge in [-0.15, -0.1) is 11.6 Å². The van der Waals surface area contributed by atoms with E-state index >= 15 is 0 Å². The highest BCUT2D eigenvalue weighted by atomic mass is 35.5. The van der Waals surface area contributed by atoms with E-state index < -0.39 is 0 Å². The Labute approximate surface area is 135 Å². The molecule has 0 spiro atoms. The molecule has 1 aromatic carbocycles. The maximum Gasteiger partial charge on any atom is 0.238 e. The predicted octanol–water partition coefficient (Wildman–Crippen LogP) is 3.63. The lowest BCUT2D eigenvalue weighted by Gasteiger charge is -2.21. The number of halogens is 1. The summed E-state index contributed by atoms with van der Waals surface area (Å²) in [5.74, 6) is 1.31. The van der Waals surface area contributed by atoms with Crippen LogP contribution < -0.4 is 0 Å². The van der Waals surface area contributed by atoms with Crippen LogP contribution in [0.4, 0.5) is 0 Å². The molecule has 2 aromatic rings. The SMILES string of the molecule is Cc1ocnc1CN(Cc1cccc(C2CC2)c1)C(=O)CCl. The van der Waals surface area contributed by atoms with E-state index in [-0.39, 0.29) is 11.8 Å². The Bertz CT molecular complexity index is 664. The molecule has 0 aliphatic heterocycles. The van der Waals surface area contributed by atoms with Crippen LogP contribution in [0.3, 0.4) is 0 Å². The molecule has 0 atom stereocenters. The van der Waals surface area contributed by atoms with Crippen molar-refractivity contribution < 1.29 is 9.21 Å². The molecule has 0 bridgehead atoms. The van der Waals surface area contributed by atoms with Gasteiger partial charge in [0.2, 0.25) is 5.91 Å². The van der Waals surface area contributed by atoms with Gasteiger partial charge in [0, 0.05) is 6.54 Å². The summed E-state index contributed by atoms with van der Waals surface area (Å²) in [7, 11) is 0. The zero-order valence-electron chi connectivity index (χ0n) is 12.6. The average Bonchev–Trinajstić information content (AvgIpc) is 3.31. The summed E-state index contributed by atoms with van der Waals surface area (Å²) in [5.41, 5.74) is 3.27. The third-order valence-electron chi connectivity index (χ3n) is 4.03. The van der Waals surface area contributed by atoms with Crippen molar-refractivity contribution in [1.29, 1.82) is 0 Å². The van der Waals surface area contributed by atoms with Gasteiger partial charge in [-0.25, -0.2) is 4.98 Å². The standard InChI is InChI=1S/C17H19ClN2O2/c1-12-16(19-11-22-12)10-20(17(21)8-18)9-13-3-2-4-15(7-13)14-5-6-14/h2-4,7,11,14H,5-6,8-10H2,1H3. The first-order valence-corrected chi connectivity index (χ1v) is 8.02. The number of hydrogen-bond acceptors (Lipinski definition) is 3. The Kier molecular flexibility index (Phi) is 4.48. The molecule has 1 aliphatic rings. The van der Waals surface area contributed by atoms with Crippen molar-refractivity contribution in [1.82, 2.24) is 9.88 Å². The Hall–Kier alpha value is -1.81. The van der Waals surface area contributed by atoms with Crippen molar-refractivity contribution in [3.8, 4) is 0 Å². The van der Waals surface area contributed by atoms with Crippen molar-refractivity contribution in [3.63, 3.8) is 0 Å². The smallest absolute Gasteiger partial charge is 0.238 e. The van der Waals surface area contributed by atoms with Crippen LogP contribution in [-0.2, 0) is 17.9 Å². The third-order valence-corrected chi connectivity index (χ3v) is 4.25. The average molecular weight is 319 g/mol. The first-order chi connectivity index (χ1) is 10.7. The van der Waals surface area contributed by atoms with Gasteiger partial charge in [0.1, 0.15) is 17.3 Å². The summed E-state index contributed by atoms with van der Waals surface area (Å²) < 4.78 is 5.21. The van der Waals surface area contributed by atoms with Gasteiger partial charge in [-0.1, -0.05) is 24.3 Å². The largest absolute Gasteiger partial charge is 0.448 e. The molecule has 0 radical (unpaired) electrons. The zero-order chi connectivity index (χ0) is 15.5. The van der Waals surface area contributed by atoms with Crippen LogP contribution in [0.1, 0.15) is 41.3 Å². The van der Waals surface area contributed by atoms with Crippen molar-refractivity contribution in [2.75, 3.05) is 5.88 Å². The second kappa shape index (κ2) is 6.53. The summed E-state index contributed by atoms with van der Waals surface area (Å²) in [5, 5.41) is 0. The Morgan fingerprint density at radius 2 is 2.23 bits per heavy atom. The number of carbonyl (C=O) groups is 1. The molecule has 22 heavy (non-hydrogen) atoms. The Morgan fingerprint density at radius 3 is 2.86 bits per heavy atom. The number of aryl methyl sites for hydroxylation is 1. The van der Waals surface area contributed by atoms with Gasteiger partial charge in [-0.3, -0.25) is 4.79 Å². The molecule has 1 aliphatic carbocycles. The minimum atomic E-state index is -0.0964. The normalized spacial score (nSPS) is 14.1. The van der Waals surface area contributed by atoms with Crippen LogP contribution in [0.5, 0.6) is 0 Å². The fraction of sp³-hybridized carbons (Fsp3) is 0.412. The lowest BCUT2D eigenvalue weighted by Crippen LogP contribution is -2.31. The number of amides is 1. The highest BCUT2D eigenvalue weighted by molar-refractivity contribution is 6.27. The van der Waals surface area contributed by atoms with E-state index in [4.69, 9.17) is 16.0 Å². The first-order valence-electron chi connectivity index (χ1n) is 7.49. The number of nitrogens with zero attached hydrogens (tertiary/aromatic N) is 2. The van der Waals surface area contributed by atoms with Crippen molar-refractivity contribution in [3.05, 3.63) is 53.2 Å². The fourth-order valence-electron chi connectivity index (χ4n) is 2.56. The van der Waals surface area contributed by atoms with Crippen molar-refractivity contribution in [2.45, 2.75) is 38.8 Å². The number of benzene rings is 1. The van der Waals surface area contributed by atoms with Crippen LogP contribution in [0, 0.1) is 6.92 Å². The van der Waals surface area contributed by atoms with Gasteiger partial charge < -0.3 is 9.32 Å². The molecule has 4 nitrogen and oxygen atoms in total. The maximum absolute atomic E-state index is 12.1. The number of hydrogen-bond donors (Lipinski definition) is 0. The predicted molar refractivity (Wildman–Crippen MR) is 84.6 cm³/mol. The zero-order valence-corrected chi connectivity index (χ0v) is 13.3. The Morgan fingerprint density at radius 1 is 1.41 bits per heavy atom. The van der Waals surface area contributed by atoms with Gasteiger partial charge in [-0.05, 0) is 36.8 Å². The first kappa shape index (κ1) is 15.1. The van der Waals surface area contributed by atoms with E-state index in [2.05, 4.69) is 29.2 Å². The number of oxazole rings is 1. The lowest BCUT2D eigenvalue weighted by atomic mass is 10.1. The van der Waals surface area contributed by atoms with Crippen LogP contribution in [0.2, 0.25) is 0 Å². The van der Waals surface area contributed by atoms with Crippen LogP contribution in [0.15, 0.2) is 35.1 Å². The molecular weight excluding hydrogens is 300 g/mol. The molecule has 1 fully saturated rings. The molecule has 5 heteroatoms. The molecular formula is C17H19ClN2O2. The lowest BCUT2D eigenvalue weighted by molar-refractivity contribution is -0.129. The van der Waals surface area contributed by atoms with Gasteiger partial charge in [0.05, 0.1) is 6.54 Å². The molecule has 0 N–H and O–H groups in total. The number of aromatic nitrogens is 1. The highest BCUT2D eigenvalue weighted by Gasteiger charge is 2.24. The topological polar surface area (TPSA) is 46.3 Å². The van der Waals surface area contributed by atoms with Gasteiger partial charge >= 0.3 is 0 Å². The fourth-order valence-corrected chi connectivity index (χ4v) is 2.73. The Balaban J connectivity index is 1.76. The highest BCUT2D eigenvalue weighted by Crippen LogP contribution is 2.40. The summed E-state index contributed by atoms with van der Waals surface area (Å²) in [6, 6.07) is 8.47. The maximum atomic E-state index is 12.1. The number of carbonyl (C=O) groups excluding carboxylic acids is 1. The van der Waals surface area contributed by atoms with Crippen LogP contribution in [0.25, 0.3) is 0 Å². The molecule has 1 amide bonds. The quantitative estimate of drug-likeness (QED) is 0.764. The van der Waals surface area contributed by atoms with Gasteiger partial charge in [-0.2, -0.15) is 0 Å². The summed E-state index contributed by atoms with van der Waals surface area (Å²) in [6.07, 6.45) is 3.94. The van der Waals surface area contributed by atoms with Crippen molar-refractivity contribution >= 4 is 17.5 Å². The monoisotopic (exact) mass is 318 g/mol. The third kappa shape index (κ3) is 3.50. The number of rotatable bonds is 6. The molecule has 0 saturated heterocycles. The molecule has 116 valence electrons. The van der Waals surface area contributed by atoms with Gasteiger partial charge in [0.25, 0.3) is 0 Å². The summed E-state index contributed by atoms with van der Waals surface area (Å²) in [4.78, 5) is 18.0. The second-order valence-corrected chi connectivity index (χ2v) is 6.03. The van der Waals surface area contributed by atoms with E-state index in [1.165, 1.54) is 24.8 Å². The molecule has 3 rings (SSSR count). The van der Waals surface area contributed by atoms with E-state index in [1.807, 2.05) is 6.92 Å². The van der Waals surface area contributed by atoms with Gasteiger partial charge in [0.15, 0.2) is 6.39 Å². The van der Waals surface area contributed by atoms with Crippen molar-refractivity contribution in [2.24, 2.45) is 0 Å². The summed E-state index contributed by atoms with van der Waals surface area (Å²) in [6.45, 7) is 2.80. The molecule has 1 aromatic heterocycles. The van der Waals surface area contributed by atoms with E-state index in [9.17, 15) is 4.79 Å². The number of alkyl halides is 1. The van der Waals surface area contributed by atoms with E-state index in [1.54, 1.807) is 4.90 Å². The minimum absolute atomic E-state index is 0.0286. The second-order valence-electron chi connectivity index (χ2n) is 5.76.